The first kappa shape index (κ1) is 26.9. The molecule has 8 heteroatoms. The number of unbranched alkanes of at least 4 members (excludes halogenated alkanes) is 1. The van der Waals surface area contributed by atoms with E-state index >= 15 is 0 Å². The maximum atomic E-state index is 10.2. The van der Waals surface area contributed by atoms with Gasteiger partial charge in [-0.3, -0.25) is 4.79 Å². The molecular weight excluding hydrogens is 390 g/mol. The highest BCUT2D eigenvalue weighted by molar-refractivity contribution is 7.81. The monoisotopic (exact) mass is 425 g/mol. The molecule has 0 bridgehead atoms. The second-order valence-electron chi connectivity index (χ2n) is 7.30. The fourth-order valence-electron chi connectivity index (χ4n) is 2.70. The molecule has 2 rings (SSSR count). The molecule has 1 aliphatic rings. The third-order valence-corrected chi connectivity index (χ3v) is 4.13. The van der Waals surface area contributed by atoms with Crippen molar-refractivity contribution in [2.45, 2.75) is 50.7 Å². The number of aliphatic hydroxyl groups is 1. The molecule has 29 heavy (non-hydrogen) atoms. The molecule has 1 amide bonds. The van der Waals surface area contributed by atoms with Gasteiger partial charge in [0.1, 0.15) is 12.0 Å². The minimum atomic E-state index is -0.301. The first-order valence-electron chi connectivity index (χ1n) is 9.59. The van der Waals surface area contributed by atoms with Gasteiger partial charge in [-0.1, -0.05) is 13.8 Å². The predicted octanol–water partition coefficient (Wildman–Crippen LogP) is 2.82. The number of nitrogens with one attached hydrogen (secondary N) is 1. The van der Waals surface area contributed by atoms with Gasteiger partial charge >= 0.3 is 0 Å². The lowest BCUT2D eigenvalue weighted by molar-refractivity contribution is -0.118. The van der Waals surface area contributed by atoms with Crippen molar-refractivity contribution < 1.29 is 19.4 Å². The molecule has 0 saturated carbocycles. The number of aldehydes is 1. The van der Waals surface area contributed by atoms with Crippen LogP contribution in [0.2, 0.25) is 0 Å². The Labute approximate surface area is 179 Å². The Morgan fingerprint density at radius 3 is 2.59 bits per heavy atom. The summed E-state index contributed by atoms with van der Waals surface area (Å²) in [5.41, 5.74) is 7.66. The van der Waals surface area contributed by atoms with Crippen LogP contribution < -0.4 is 15.4 Å². The molecule has 0 aliphatic carbocycles. The molecule has 0 fully saturated rings. The highest BCUT2D eigenvalue weighted by Gasteiger charge is 2.17. The van der Waals surface area contributed by atoms with Gasteiger partial charge in [-0.05, 0) is 31.4 Å². The maximum absolute atomic E-state index is 10.2. The lowest BCUT2D eigenvalue weighted by Crippen LogP contribution is -2.22. The lowest BCUT2D eigenvalue weighted by atomic mass is 10.1. The van der Waals surface area contributed by atoms with Crippen molar-refractivity contribution in [3.8, 4) is 5.75 Å². The minimum Gasteiger partial charge on any atom is -0.494 e. The van der Waals surface area contributed by atoms with Gasteiger partial charge in [-0.15, -0.1) is 0 Å². The highest BCUT2D eigenvalue weighted by Crippen LogP contribution is 2.29. The standard InChI is InChI=1S/C15H20N2O2.C5H11NOS.CH4O/c1-17-8-4-5-14(16)13-7-6-12(11-15(13)17)19-10-3-2-9-18;1-5(2,8)3-4(6)7;1-2/h6-7,9,11,16H,2-5,8,10H2,1H3;8H,3H2,1-2H3,(H2,6,7);2H,1H3. The van der Waals surface area contributed by atoms with Gasteiger partial charge in [-0.2, -0.15) is 12.6 Å². The Morgan fingerprint density at radius 2 is 2.07 bits per heavy atom. The molecule has 1 aromatic carbocycles. The van der Waals surface area contributed by atoms with E-state index in [0.717, 1.165) is 56.2 Å². The number of amides is 1. The van der Waals surface area contributed by atoms with Crippen LogP contribution in [0.5, 0.6) is 5.75 Å². The van der Waals surface area contributed by atoms with E-state index in [1.54, 1.807) is 0 Å². The largest absolute Gasteiger partial charge is 0.494 e. The molecule has 1 heterocycles. The number of aliphatic hydroxyl groups excluding tert-OH is 1. The average molecular weight is 426 g/mol. The fraction of sp³-hybridized carbons (Fsp3) is 0.571. The van der Waals surface area contributed by atoms with Crippen LogP contribution >= 0.6 is 12.6 Å². The molecular formula is C21H35N3O4S. The zero-order chi connectivity index (χ0) is 22.4. The van der Waals surface area contributed by atoms with Crippen LogP contribution in [0.15, 0.2) is 18.2 Å². The Bertz CT molecular complexity index is 660. The molecule has 0 atom stereocenters. The van der Waals surface area contributed by atoms with Gasteiger partial charge in [0.2, 0.25) is 5.91 Å². The van der Waals surface area contributed by atoms with Crippen LogP contribution in [0, 0.1) is 5.41 Å². The number of primary amides is 1. The Hall–Kier alpha value is -2.06. The predicted molar refractivity (Wildman–Crippen MR) is 122 cm³/mol. The van der Waals surface area contributed by atoms with Crippen molar-refractivity contribution in [2.24, 2.45) is 5.73 Å². The molecule has 7 nitrogen and oxygen atoms in total. The van der Waals surface area contributed by atoms with Gasteiger partial charge in [0, 0.05) is 61.3 Å². The van der Waals surface area contributed by atoms with E-state index in [4.69, 9.17) is 21.0 Å². The number of carbonyl (C=O) groups is 2. The van der Waals surface area contributed by atoms with Crippen LogP contribution in [-0.4, -0.2) is 55.1 Å². The van der Waals surface area contributed by atoms with Crippen LogP contribution in [0.3, 0.4) is 0 Å². The van der Waals surface area contributed by atoms with Gasteiger partial charge < -0.3 is 30.7 Å². The van der Waals surface area contributed by atoms with Gasteiger partial charge in [0.05, 0.1) is 6.61 Å². The smallest absolute Gasteiger partial charge is 0.218 e. The van der Waals surface area contributed by atoms with Crippen LogP contribution in [0.4, 0.5) is 5.69 Å². The Kier molecular flexibility index (Phi) is 13.0. The number of carbonyl (C=O) groups excluding carboxylic acids is 2. The summed E-state index contributed by atoms with van der Waals surface area (Å²) < 4.78 is 5.38. The van der Waals surface area contributed by atoms with Crippen molar-refractivity contribution in [3.05, 3.63) is 23.8 Å². The number of hydrogen-bond donors (Lipinski definition) is 4. The molecule has 0 aromatic heterocycles. The van der Waals surface area contributed by atoms with Crippen molar-refractivity contribution in [1.82, 2.24) is 0 Å². The van der Waals surface area contributed by atoms with Crippen LogP contribution in [0.25, 0.3) is 0 Å². The summed E-state index contributed by atoms with van der Waals surface area (Å²) in [6.07, 6.45) is 4.36. The number of thiol groups is 1. The summed E-state index contributed by atoms with van der Waals surface area (Å²) in [4.78, 5) is 22.6. The van der Waals surface area contributed by atoms with E-state index in [1.165, 1.54) is 0 Å². The third kappa shape index (κ3) is 11.5. The highest BCUT2D eigenvalue weighted by atomic mass is 32.1. The number of nitrogens with two attached hydrogens (primary N) is 1. The van der Waals surface area contributed by atoms with Crippen LogP contribution in [0.1, 0.15) is 51.5 Å². The van der Waals surface area contributed by atoms with Crippen molar-refractivity contribution in [1.29, 1.82) is 5.41 Å². The minimum absolute atomic E-state index is 0.258. The topological polar surface area (TPSA) is 117 Å². The molecule has 0 spiro atoms. The van der Waals surface area contributed by atoms with E-state index in [0.29, 0.717) is 25.2 Å². The molecule has 164 valence electrons. The van der Waals surface area contributed by atoms with E-state index < -0.39 is 0 Å². The fourth-order valence-corrected chi connectivity index (χ4v) is 2.86. The number of benzene rings is 1. The summed E-state index contributed by atoms with van der Waals surface area (Å²) >= 11 is 4.09. The zero-order valence-corrected chi connectivity index (χ0v) is 18.8. The molecule has 0 radical (unpaired) electrons. The Morgan fingerprint density at radius 1 is 1.41 bits per heavy atom. The van der Waals surface area contributed by atoms with Crippen molar-refractivity contribution >= 4 is 36.2 Å². The summed E-state index contributed by atoms with van der Waals surface area (Å²) in [5, 5.41) is 15.1. The van der Waals surface area contributed by atoms with Crippen molar-refractivity contribution in [3.63, 3.8) is 0 Å². The lowest BCUT2D eigenvalue weighted by Gasteiger charge is -2.20. The van der Waals surface area contributed by atoms with Crippen LogP contribution in [-0.2, 0) is 9.59 Å². The van der Waals surface area contributed by atoms with E-state index in [2.05, 4.69) is 17.5 Å². The molecule has 0 unspecified atom stereocenters. The quantitative estimate of drug-likeness (QED) is 0.304. The number of hydrogen-bond acceptors (Lipinski definition) is 7. The maximum Gasteiger partial charge on any atom is 0.218 e. The van der Waals surface area contributed by atoms with E-state index in [9.17, 15) is 9.59 Å². The van der Waals surface area contributed by atoms with E-state index in [1.807, 2.05) is 39.1 Å². The van der Waals surface area contributed by atoms with E-state index in [-0.39, 0.29) is 10.7 Å². The Balaban J connectivity index is 0.000000664. The molecule has 1 aliphatic heterocycles. The molecule has 4 N–H and O–H groups in total. The average Bonchev–Trinajstić information content (AvgIpc) is 2.78. The summed E-state index contributed by atoms with van der Waals surface area (Å²) in [5.74, 6) is 0.510. The zero-order valence-electron chi connectivity index (χ0n) is 17.9. The summed E-state index contributed by atoms with van der Waals surface area (Å²) in [6.45, 7) is 5.21. The normalized spacial score (nSPS) is 13.0. The second-order valence-corrected chi connectivity index (χ2v) is 8.51. The molecule has 1 aromatic rings. The number of rotatable bonds is 7. The third-order valence-electron chi connectivity index (χ3n) is 3.97. The van der Waals surface area contributed by atoms with Gasteiger partial charge in [0.25, 0.3) is 0 Å². The van der Waals surface area contributed by atoms with Gasteiger partial charge in [-0.25, -0.2) is 0 Å². The van der Waals surface area contributed by atoms with Crippen molar-refractivity contribution in [2.75, 3.05) is 32.2 Å². The van der Waals surface area contributed by atoms with Gasteiger partial charge in [0.15, 0.2) is 0 Å². The number of ether oxygens (including phenoxy) is 1. The number of anilines is 1. The first-order valence-corrected chi connectivity index (χ1v) is 10.0. The summed E-state index contributed by atoms with van der Waals surface area (Å²) in [7, 11) is 3.05. The molecule has 0 saturated heterocycles. The number of nitrogens with zero attached hydrogens (tertiary/aromatic N) is 1. The first-order chi connectivity index (χ1) is 13.6. The SMILES string of the molecule is CC(C)(S)CC(N)=O.CN1CCCC(=N)c2ccc(OCCCC=O)cc21.CO. The second kappa shape index (κ2) is 14.0. The summed E-state index contributed by atoms with van der Waals surface area (Å²) in [6, 6.07) is 5.87. The number of fused-ring (bicyclic) bond motifs is 1.